The first kappa shape index (κ1) is 14.3. The van der Waals surface area contributed by atoms with E-state index < -0.39 is 0 Å². The van der Waals surface area contributed by atoms with E-state index in [4.69, 9.17) is 0 Å². The first-order valence-electron chi connectivity index (χ1n) is 7.73. The third-order valence-electron chi connectivity index (χ3n) is 4.36. The molecule has 21 heavy (non-hydrogen) atoms. The molecule has 0 amide bonds. The lowest BCUT2D eigenvalue weighted by atomic mass is 10.2. The molecular weight excluding hydrogens is 268 g/mol. The van der Waals surface area contributed by atoms with Gasteiger partial charge in [-0.25, -0.2) is 4.98 Å². The van der Waals surface area contributed by atoms with Crippen LogP contribution in [0.25, 0.3) is 0 Å². The van der Waals surface area contributed by atoms with Crippen molar-refractivity contribution in [3.05, 3.63) is 27.9 Å². The monoisotopic (exact) mass is 290 g/mol. The zero-order valence-electron chi connectivity index (χ0n) is 12.4. The van der Waals surface area contributed by atoms with Gasteiger partial charge in [-0.05, 0) is 45.1 Å². The second-order valence-corrected chi connectivity index (χ2v) is 6.23. The van der Waals surface area contributed by atoms with E-state index in [0.717, 1.165) is 31.4 Å². The molecule has 1 aliphatic carbocycles. The van der Waals surface area contributed by atoms with Crippen LogP contribution in [0.3, 0.4) is 0 Å². The van der Waals surface area contributed by atoms with Crippen molar-refractivity contribution in [3.8, 4) is 0 Å². The molecular formula is C15H22N4O2. The number of aromatic nitrogens is 1. The number of aryl methyl sites for hydroxylation is 1. The van der Waals surface area contributed by atoms with E-state index in [1.54, 1.807) is 19.2 Å². The molecule has 0 radical (unpaired) electrons. The third-order valence-corrected chi connectivity index (χ3v) is 4.36. The van der Waals surface area contributed by atoms with E-state index in [-0.39, 0.29) is 10.6 Å². The van der Waals surface area contributed by atoms with Crippen molar-refractivity contribution in [2.75, 3.05) is 24.5 Å². The van der Waals surface area contributed by atoms with Crippen molar-refractivity contribution >= 4 is 11.5 Å². The summed E-state index contributed by atoms with van der Waals surface area (Å²) in [5.41, 5.74) is 0.786. The summed E-state index contributed by atoms with van der Waals surface area (Å²) < 4.78 is 0. The van der Waals surface area contributed by atoms with Crippen LogP contribution in [0.1, 0.15) is 31.2 Å². The zero-order chi connectivity index (χ0) is 14.8. The zero-order valence-corrected chi connectivity index (χ0v) is 12.4. The summed E-state index contributed by atoms with van der Waals surface area (Å²) in [6.07, 6.45) is 6.54. The van der Waals surface area contributed by atoms with E-state index >= 15 is 0 Å². The third kappa shape index (κ3) is 3.50. The van der Waals surface area contributed by atoms with E-state index in [1.165, 1.54) is 25.7 Å². The minimum absolute atomic E-state index is 0.167. The van der Waals surface area contributed by atoms with Crippen molar-refractivity contribution in [2.24, 2.45) is 5.92 Å². The Balaban J connectivity index is 1.80. The maximum Gasteiger partial charge on any atom is 0.277 e. The second kappa shape index (κ2) is 5.97. The fourth-order valence-electron chi connectivity index (χ4n) is 2.92. The van der Waals surface area contributed by atoms with Gasteiger partial charge in [0, 0.05) is 30.9 Å². The molecule has 1 unspecified atom stereocenters. The van der Waals surface area contributed by atoms with Gasteiger partial charge in [0.15, 0.2) is 0 Å². The minimum Gasteiger partial charge on any atom is -0.355 e. The van der Waals surface area contributed by atoms with Gasteiger partial charge in [0.05, 0.1) is 11.0 Å². The fourth-order valence-corrected chi connectivity index (χ4v) is 2.92. The SMILES string of the molecule is Cc1cnc(N(CC2CC2)CC2CCCN2)cc1[N+](=O)[O-]. The Morgan fingerprint density at radius 1 is 1.43 bits per heavy atom. The molecule has 0 bridgehead atoms. The molecule has 1 saturated carbocycles. The van der Waals surface area contributed by atoms with Crippen LogP contribution in [0.5, 0.6) is 0 Å². The molecule has 1 aliphatic heterocycles. The van der Waals surface area contributed by atoms with Gasteiger partial charge in [-0.2, -0.15) is 0 Å². The number of nitrogens with zero attached hydrogens (tertiary/aromatic N) is 3. The molecule has 6 nitrogen and oxygen atoms in total. The van der Waals surface area contributed by atoms with E-state index in [0.29, 0.717) is 11.6 Å². The van der Waals surface area contributed by atoms with Crippen molar-refractivity contribution in [1.82, 2.24) is 10.3 Å². The maximum absolute atomic E-state index is 11.1. The van der Waals surface area contributed by atoms with Crippen LogP contribution >= 0.6 is 0 Å². The summed E-state index contributed by atoms with van der Waals surface area (Å²) in [6.45, 7) is 4.66. The Morgan fingerprint density at radius 2 is 2.24 bits per heavy atom. The molecule has 1 aromatic rings. The van der Waals surface area contributed by atoms with Crippen LogP contribution in [-0.4, -0.2) is 35.6 Å². The number of nitrogens with one attached hydrogen (secondary N) is 1. The van der Waals surface area contributed by atoms with E-state index in [1.807, 2.05) is 0 Å². The van der Waals surface area contributed by atoms with Crippen LogP contribution in [0, 0.1) is 23.0 Å². The lowest BCUT2D eigenvalue weighted by Crippen LogP contribution is -2.39. The molecule has 2 heterocycles. The topological polar surface area (TPSA) is 71.3 Å². The molecule has 1 aromatic heterocycles. The van der Waals surface area contributed by atoms with Crippen molar-refractivity contribution in [1.29, 1.82) is 0 Å². The Morgan fingerprint density at radius 3 is 2.86 bits per heavy atom. The number of hydrogen-bond donors (Lipinski definition) is 1. The normalized spacial score (nSPS) is 21.5. The van der Waals surface area contributed by atoms with E-state index in [9.17, 15) is 10.1 Å². The van der Waals surface area contributed by atoms with Gasteiger partial charge in [-0.15, -0.1) is 0 Å². The summed E-state index contributed by atoms with van der Waals surface area (Å²) in [5, 5.41) is 14.6. The highest BCUT2D eigenvalue weighted by Crippen LogP contribution is 2.32. The summed E-state index contributed by atoms with van der Waals surface area (Å²) in [5.74, 6) is 1.47. The molecule has 1 atom stereocenters. The Kier molecular flexibility index (Phi) is 4.05. The minimum atomic E-state index is -0.316. The smallest absolute Gasteiger partial charge is 0.277 e. The van der Waals surface area contributed by atoms with Gasteiger partial charge >= 0.3 is 0 Å². The second-order valence-electron chi connectivity index (χ2n) is 6.23. The molecule has 1 saturated heterocycles. The Hall–Kier alpha value is -1.69. The van der Waals surface area contributed by atoms with Gasteiger partial charge in [0.2, 0.25) is 0 Å². The summed E-state index contributed by atoms with van der Waals surface area (Å²) >= 11 is 0. The molecule has 1 N–H and O–H groups in total. The standard InChI is InChI=1S/C15H22N4O2/c1-11-8-17-15(7-14(11)19(20)21)18(9-12-4-5-12)10-13-3-2-6-16-13/h7-8,12-13,16H,2-6,9-10H2,1H3. The molecule has 2 aliphatic rings. The lowest BCUT2D eigenvalue weighted by Gasteiger charge is -2.27. The quantitative estimate of drug-likeness (QED) is 0.643. The molecule has 114 valence electrons. The molecule has 3 rings (SSSR count). The average Bonchev–Trinajstić information content (AvgIpc) is 3.12. The molecule has 6 heteroatoms. The van der Waals surface area contributed by atoms with Crippen LogP contribution in [-0.2, 0) is 0 Å². The lowest BCUT2D eigenvalue weighted by molar-refractivity contribution is -0.385. The molecule has 0 aromatic carbocycles. The molecule has 2 fully saturated rings. The van der Waals surface area contributed by atoms with Gasteiger partial charge in [0.25, 0.3) is 5.69 Å². The predicted molar refractivity (Wildman–Crippen MR) is 81.6 cm³/mol. The van der Waals surface area contributed by atoms with Gasteiger partial charge in [-0.1, -0.05) is 0 Å². The summed E-state index contributed by atoms with van der Waals surface area (Å²) in [6, 6.07) is 2.11. The number of pyridine rings is 1. The van der Waals surface area contributed by atoms with Crippen molar-refractivity contribution in [2.45, 2.75) is 38.6 Å². The average molecular weight is 290 g/mol. The highest BCUT2D eigenvalue weighted by atomic mass is 16.6. The number of anilines is 1. The highest BCUT2D eigenvalue weighted by Gasteiger charge is 2.28. The van der Waals surface area contributed by atoms with Gasteiger partial charge < -0.3 is 10.2 Å². The number of hydrogen-bond acceptors (Lipinski definition) is 5. The van der Waals surface area contributed by atoms with E-state index in [2.05, 4.69) is 15.2 Å². The Labute approximate surface area is 124 Å². The molecule has 0 spiro atoms. The van der Waals surface area contributed by atoms with Crippen LogP contribution in [0.15, 0.2) is 12.3 Å². The maximum atomic E-state index is 11.1. The highest BCUT2D eigenvalue weighted by molar-refractivity contribution is 5.51. The van der Waals surface area contributed by atoms with Crippen LogP contribution in [0.2, 0.25) is 0 Å². The van der Waals surface area contributed by atoms with Gasteiger partial charge in [0.1, 0.15) is 5.82 Å². The summed E-state index contributed by atoms with van der Waals surface area (Å²) in [7, 11) is 0. The van der Waals surface area contributed by atoms with Crippen LogP contribution < -0.4 is 10.2 Å². The van der Waals surface area contributed by atoms with Crippen molar-refractivity contribution < 1.29 is 4.92 Å². The predicted octanol–water partition coefficient (Wildman–Crippen LogP) is 2.27. The number of rotatable bonds is 6. The first-order chi connectivity index (χ1) is 10.1. The summed E-state index contributed by atoms with van der Waals surface area (Å²) in [4.78, 5) is 17.5. The largest absolute Gasteiger partial charge is 0.355 e. The fraction of sp³-hybridized carbons (Fsp3) is 0.667. The van der Waals surface area contributed by atoms with Gasteiger partial charge in [-0.3, -0.25) is 10.1 Å². The number of nitro groups is 1. The Bertz CT molecular complexity index is 524. The first-order valence-corrected chi connectivity index (χ1v) is 7.73. The van der Waals surface area contributed by atoms with Crippen molar-refractivity contribution in [3.63, 3.8) is 0 Å². The van der Waals surface area contributed by atoms with Crippen LogP contribution in [0.4, 0.5) is 11.5 Å².